The lowest BCUT2D eigenvalue weighted by molar-refractivity contribution is -0.120. The lowest BCUT2D eigenvalue weighted by Gasteiger charge is -2.14. The third-order valence-electron chi connectivity index (χ3n) is 3.86. The van der Waals surface area contributed by atoms with E-state index in [1.54, 1.807) is 11.0 Å². The van der Waals surface area contributed by atoms with E-state index in [9.17, 15) is 4.79 Å². The fraction of sp³-hybridized carbons (Fsp3) is 0.400. The Balaban J connectivity index is 1.67. The van der Waals surface area contributed by atoms with Gasteiger partial charge < -0.3 is 10.6 Å². The van der Waals surface area contributed by atoms with Crippen LogP contribution in [0.2, 0.25) is 0 Å². The summed E-state index contributed by atoms with van der Waals surface area (Å²) in [6.45, 7) is 4.41. The van der Waals surface area contributed by atoms with E-state index in [1.165, 1.54) is 6.33 Å². The summed E-state index contributed by atoms with van der Waals surface area (Å²) >= 11 is 0. The standard InChI is InChI=1S/C15H19N5O/c1-11-6-16-7-14(11)15(21)19-13-4-2-3-12(5-13)8-20-10-17-9-18-20/h2-5,9-11,14,16H,6-8H2,1H3,(H,19,21)/t11-,14-/m1/s1. The monoisotopic (exact) mass is 285 g/mol. The second-order valence-electron chi connectivity index (χ2n) is 5.52. The molecule has 2 aromatic rings. The van der Waals surface area contributed by atoms with Crippen LogP contribution >= 0.6 is 0 Å². The molecule has 6 nitrogen and oxygen atoms in total. The summed E-state index contributed by atoms with van der Waals surface area (Å²) in [5.74, 6) is 0.512. The van der Waals surface area contributed by atoms with E-state index < -0.39 is 0 Å². The molecule has 2 N–H and O–H groups in total. The molecule has 0 aliphatic carbocycles. The molecule has 0 spiro atoms. The lowest BCUT2D eigenvalue weighted by atomic mass is 9.97. The molecule has 2 heterocycles. The lowest BCUT2D eigenvalue weighted by Crippen LogP contribution is -2.27. The molecule has 110 valence electrons. The minimum atomic E-state index is 0.0453. The Morgan fingerprint density at radius 2 is 2.38 bits per heavy atom. The molecule has 21 heavy (non-hydrogen) atoms. The first-order valence-electron chi connectivity index (χ1n) is 7.15. The second kappa shape index (κ2) is 6.05. The van der Waals surface area contributed by atoms with Gasteiger partial charge in [-0.3, -0.25) is 4.79 Å². The van der Waals surface area contributed by atoms with Gasteiger partial charge in [-0.05, 0) is 30.2 Å². The van der Waals surface area contributed by atoms with Crippen LogP contribution in [0.1, 0.15) is 12.5 Å². The predicted molar refractivity (Wildman–Crippen MR) is 79.7 cm³/mol. The van der Waals surface area contributed by atoms with Crippen LogP contribution in [-0.4, -0.2) is 33.8 Å². The van der Waals surface area contributed by atoms with Crippen molar-refractivity contribution in [1.29, 1.82) is 0 Å². The summed E-state index contributed by atoms with van der Waals surface area (Å²) in [6, 6.07) is 7.84. The average molecular weight is 285 g/mol. The fourth-order valence-corrected chi connectivity index (χ4v) is 2.64. The number of hydrogen-bond acceptors (Lipinski definition) is 4. The van der Waals surface area contributed by atoms with E-state index >= 15 is 0 Å². The molecule has 0 bridgehead atoms. The molecule has 1 aliphatic heterocycles. The first kappa shape index (κ1) is 13.8. The zero-order valence-electron chi connectivity index (χ0n) is 12.0. The highest BCUT2D eigenvalue weighted by atomic mass is 16.1. The number of rotatable bonds is 4. The van der Waals surface area contributed by atoms with E-state index in [0.29, 0.717) is 12.5 Å². The van der Waals surface area contributed by atoms with E-state index in [2.05, 4.69) is 27.6 Å². The molecular formula is C15H19N5O. The SMILES string of the molecule is C[C@@H]1CNC[C@H]1C(=O)Nc1cccc(Cn2cncn2)c1. The number of nitrogens with zero attached hydrogens (tertiary/aromatic N) is 3. The number of aromatic nitrogens is 3. The number of benzene rings is 1. The largest absolute Gasteiger partial charge is 0.326 e. The summed E-state index contributed by atoms with van der Waals surface area (Å²) in [5.41, 5.74) is 1.91. The van der Waals surface area contributed by atoms with Crippen molar-refractivity contribution in [3.63, 3.8) is 0 Å². The van der Waals surface area contributed by atoms with Crippen LogP contribution in [0.3, 0.4) is 0 Å². The molecule has 0 radical (unpaired) electrons. The third-order valence-corrected chi connectivity index (χ3v) is 3.86. The van der Waals surface area contributed by atoms with E-state index in [4.69, 9.17) is 0 Å². The molecular weight excluding hydrogens is 266 g/mol. The molecule has 1 amide bonds. The topological polar surface area (TPSA) is 71.8 Å². The van der Waals surface area contributed by atoms with E-state index in [0.717, 1.165) is 24.3 Å². The van der Waals surface area contributed by atoms with Gasteiger partial charge in [-0.2, -0.15) is 5.10 Å². The summed E-state index contributed by atoms with van der Waals surface area (Å²) in [5, 5.41) is 10.3. The fourth-order valence-electron chi connectivity index (χ4n) is 2.64. The number of anilines is 1. The van der Waals surface area contributed by atoms with Crippen LogP contribution in [0.15, 0.2) is 36.9 Å². The normalized spacial score (nSPS) is 21.4. The predicted octanol–water partition coefficient (Wildman–Crippen LogP) is 1.12. The number of nitrogens with one attached hydrogen (secondary N) is 2. The van der Waals surface area contributed by atoms with E-state index in [-0.39, 0.29) is 11.8 Å². The third kappa shape index (κ3) is 3.28. The van der Waals surface area contributed by atoms with Crippen molar-refractivity contribution in [2.75, 3.05) is 18.4 Å². The van der Waals surface area contributed by atoms with Crippen molar-refractivity contribution in [1.82, 2.24) is 20.1 Å². The van der Waals surface area contributed by atoms with Gasteiger partial charge in [-0.25, -0.2) is 9.67 Å². The molecule has 1 aromatic carbocycles. The number of hydrogen-bond donors (Lipinski definition) is 2. The van der Waals surface area contributed by atoms with Gasteiger partial charge in [-0.1, -0.05) is 19.1 Å². The van der Waals surface area contributed by atoms with Crippen LogP contribution < -0.4 is 10.6 Å². The Morgan fingerprint density at radius 1 is 1.48 bits per heavy atom. The van der Waals surface area contributed by atoms with Crippen molar-refractivity contribution < 1.29 is 4.79 Å². The van der Waals surface area contributed by atoms with Crippen LogP contribution in [0.5, 0.6) is 0 Å². The Kier molecular flexibility index (Phi) is 3.96. The van der Waals surface area contributed by atoms with Crippen LogP contribution in [-0.2, 0) is 11.3 Å². The second-order valence-corrected chi connectivity index (χ2v) is 5.52. The molecule has 1 saturated heterocycles. The van der Waals surface area contributed by atoms with Crippen LogP contribution in [0.4, 0.5) is 5.69 Å². The van der Waals surface area contributed by atoms with Crippen LogP contribution in [0, 0.1) is 11.8 Å². The smallest absolute Gasteiger partial charge is 0.229 e. The van der Waals surface area contributed by atoms with Crippen molar-refractivity contribution in [2.45, 2.75) is 13.5 Å². The molecule has 0 unspecified atom stereocenters. The number of carbonyl (C=O) groups is 1. The van der Waals surface area contributed by atoms with Gasteiger partial charge in [-0.15, -0.1) is 0 Å². The van der Waals surface area contributed by atoms with E-state index in [1.807, 2.05) is 24.3 Å². The van der Waals surface area contributed by atoms with Gasteiger partial charge in [0.2, 0.25) is 5.91 Å². The molecule has 1 aromatic heterocycles. The van der Waals surface area contributed by atoms with Crippen molar-refractivity contribution in [3.8, 4) is 0 Å². The first-order valence-corrected chi connectivity index (χ1v) is 7.15. The van der Waals surface area contributed by atoms with Crippen molar-refractivity contribution >= 4 is 11.6 Å². The zero-order valence-corrected chi connectivity index (χ0v) is 12.0. The summed E-state index contributed by atoms with van der Waals surface area (Å²) in [4.78, 5) is 16.2. The zero-order chi connectivity index (χ0) is 14.7. The van der Waals surface area contributed by atoms with Gasteiger partial charge in [0, 0.05) is 12.2 Å². The molecule has 1 aliphatic rings. The highest BCUT2D eigenvalue weighted by molar-refractivity contribution is 5.93. The summed E-state index contributed by atoms with van der Waals surface area (Å²) in [7, 11) is 0. The molecule has 0 saturated carbocycles. The molecule has 2 atom stereocenters. The maximum Gasteiger partial charge on any atom is 0.229 e. The maximum atomic E-state index is 12.3. The Morgan fingerprint density at radius 3 is 3.10 bits per heavy atom. The van der Waals surface area contributed by atoms with Gasteiger partial charge >= 0.3 is 0 Å². The molecule has 6 heteroatoms. The quantitative estimate of drug-likeness (QED) is 0.883. The summed E-state index contributed by atoms with van der Waals surface area (Å²) in [6.07, 6.45) is 3.19. The summed E-state index contributed by atoms with van der Waals surface area (Å²) < 4.78 is 1.75. The van der Waals surface area contributed by atoms with Crippen LogP contribution in [0.25, 0.3) is 0 Å². The van der Waals surface area contributed by atoms with Gasteiger partial charge in [0.25, 0.3) is 0 Å². The van der Waals surface area contributed by atoms with Gasteiger partial charge in [0.05, 0.1) is 12.5 Å². The maximum absolute atomic E-state index is 12.3. The number of carbonyl (C=O) groups excluding carboxylic acids is 1. The Bertz CT molecular complexity index is 610. The minimum Gasteiger partial charge on any atom is -0.326 e. The van der Waals surface area contributed by atoms with Gasteiger partial charge in [0.15, 0.2) is 0 Å². The highest BCUT2D eigenvalue weighted by Gasteiger charge is 2.29. The molecule has 1 fully saturated rings. The van der Waals surface area contributed by atoms with Crippen molar-refractivity contribution in [3.05, 3.63) is 42.5 Å². The first-order chi connectivity index (χ1) is 10.2. The Labute approximate surface area is 123 Å². The average Bonchev–Trinajstić information content (AvgIpc) is 3.10. The highest BCUT2D eigenvalue weighted by Crippen LogP contribution is 2.19. The Hall–Kier alpha value is -2.21. The van der Waals surface area contributed by atoms with Gasteiger partial charge in [0.1, 0.15) is 12.7 Å². The molecule has 3 rings (SSSR count). The number of amides is 1. The van der Waals surface area contributed by atoms with Crippen molar-refractivity contribution in [2.24, 2.45) is 11.8 Å². The minimum absolute atomic E-state index is 0.0453.